The van der Waals surface area contributed by atoms with Crippen LogP contribution in [-0.4, -0.2) is 20.8 Å². The molecule has 0 radical (unpaired) electrons. The molecular formula is C29H36O3. The van der Waals surface area contributed by atoms with Gasteiger partial charge in [-0.15, -0.1) is 0 Å². The summed E-state index contributed by atoms with van der Waals surface area (Å²) in [5.41, 5.74) is 2.58. The van der Waals surface area contributed by atoms with Crippen LogP contribution in [0.1, 0.15) is 62.1 Å². The zero-order chi connectivity index (χ0) is 22.7. The van der Waals surface area contributed by atoms with Crippen LogP contribution in [0.5, 0.6) is 11.5 Å². The Morgan fingerprint density at radius 3 is 1.53 bits per heavy atom. The first-order chi connectivity index (χ1) is 15.7. The lowest BCUT2D eigenvalue weighted by Crippen LogP contribution is -2.33. The zero-order valence-corrected chi connectivity index (χ0v) is 19.7. The van der Waals surface area contributed by atoms with Crippen molar-refractivity contribution in [1.29, 1.82) is 0 Å². The van der Waals surface area contributed by atoms with Crippen molar-refractivity contribution in [2.75, 3.05) is 20.8 Å². The molecule has 3 aromatic carbocycles. The Morgan fingerprint density at radius 1 is 0.562 bits per heavy atom. The minimum Gasteiger partial charge on any atom is -0.497 e. The van der Waals surface area contributed by atoms with Gasteiger partial charge in [-0.2, -0.15) is 0 Å². The lowest BCUT2D eigenvalue weighted by Gasteiger charge is -2.36. The third-order valence-electron chi connectivity index (χ3n) is 5.99. The molecule has 0 unspecified atom stereocenters. The van der Waals surface area contributed by atoms with Crippen LogP contribution in [0.2, 0.25) is 0 Å². The van der Waals surface area contributed by atoms with Gasteiger partial charge < -0.3 is 14.2 Å². The van der Waals surface area contributed by atoms with Crippen LogP contribution < -0.4 is 9.47 Å². The highest BCUT2D eigenvalue weighted by Gasteiger charge is 2.37. The molecule has 0 atom stereocenters. The van der Waals surface area contributed by atoms with Crippen LogP contribution in [-0.2, 0) is 10.3 Å². The number of rotatable bonds is 13. The Kier molecular flexibility index (Phi) is 9.18. The summed E-state index contributed by atoms with van der Waals surface area (Å²) in [7, 11) is 3.38. The predicted octanol–water partition coefficient (Wildman–Crippen LogP) is 7.37. The molecule has 0 spiro atoms. The Labute approximate surface area is 193 Å². The third kappa shape index (κ3) is 5.72. The van der Waals surface area contributed by atoms with E-state index in [2.05, 4.69) is 55.5 Å². The molecule has 0 saturated heterocycles. The van der Waals surface area contributed by atoms with E-state index in [4.69, 9.17) is 14.2 Å². The van der Waals surface area contributed by atoms with Crippen LogP contribution in [0.15, 0.2) is 78.9 Å². The summed E-state index contributed by atoms with van der Waals surface area (Å²) in [5.74, 6) is 1.67. The maximum atomic E-state index is 6.86. The fourth-order valence-electron chi connectivity index (χ4n) is 4.18. The van der Waals surface area contributed by atoms with Crippen molar-refractivity contribution in [1.82, 2.24) is 0 Å². The van der Waals surface area contributed by atoms with Crippen LogP contribution in [0.25, 0.3) is 0 Å². The second-order valence-corrected chi connectivity index (χ2v) is 8.12. The van der Waals surface area contributed by atoms with E-state index >= 15 is 0 Å². The molecule has 3 heteroatoms. The third-order valence-corrected chi connectivity index (χ3v) is 5.99. The highest BCUT2D eigenvalue weighted by atomic mass is 16.5. The lowest BCUT2D eigenvalue weighted by atomic mass is 9.80. The Morgan fingerprint density at radius 2 is 1.03 bits per heavy atom. The Balaban J connectivity index is 1.99. The summed E-state index contributed by atoms with van der Waals surface area (Å²) in [6.07, 6.45) is 7.38. The molecule has 0 aliphatic rings. The Hall–Kier alpha value is -2.78. The number of benzene rings is 3. The van der Waals surface area contributed by atoms with E-state index in [1.807, 2.05) is 30.3 Å². The molecule has 0 bridgehead atoms. The van der Waals surface area contributed by atoms with Crippen LogP contribution in [0, 0.1) is 0 Å². The smallest absolute Gasteiger partial charge is 0.143 e. The molecule has 170 valence electrons. The average Bonchev–Trinajstić information content (AvgIpc) is 2.87. The first-order valence-corrected chi connectivity index (χ1v) is 11.7. The Bertz CT molecular complexity index is 854. The predicted molar refractivity (Wildman–Crippen MR) is 132 cm³/mol. The quantitative estimate of drug-likeness (QED) is 0.208. The van der Waals surface area contributed by atoms with Crippen molar-refractivity contribution in [2.24, 2.45) is 0 Å². The molecule has 3 nitrogen and oxygen atoms in total. The van der Waals surface area contributed by atoms with E-state index in [0.717, 1.165) is 34.6 Å². The second kappa shape index (κ2) is 12.3. The number of ether oxygens (including phenoxy) is 3. The van der Waals surface area contributed by atoms with E-state index < -0.39 is 5.60 Å². The van der Waals surface area contributed by atoms with Crippen molar-refractivity contribution >= 4 is 0 Å². The average molecular weight is 433 g/mol. The van der Waals surface area contributed by atoms with Gasteiger partial charge in [0, 0.05) is 6.61 Å². The van der Waals surface area contributed by atoms with Gasteiger partial charge in [0.25, 0.3) is 0 Å². The number of methoxy groups -OCH3 is 2. The molecule has 32 heavy (non-hydrogen) atoms. The van der Waals surface area contributed by atoms with Gasteiger partial charge in [-0.25, -0.2) is 0 Å². The standard InChI is InChI=1S/C29H36O3/c1-4-5-6-7-8-12-23-32-29(24-13-10-9-11-14-24,25-15-19-27(30-2)20-16-25)26-17-21-28(31-3)22-18-26/h9-11,13-22H,4-8,12,23H2,1-3H3. The lowest BCUT2D eigenvalue weighted by molar-refractivity contribution is 0.0106. The SMILES string of the molecule is CCCCCCCCOC(c1ccccc1)(c1ccc(OC)cc1)c1ccc(OC)cc1. The van der Waals surface area contributed by atoms with Gasteiger partial charge in [0.2, 0.25) is 0 Å². The summed E-state index contributed by atoms with van der Waals surface area (Å²) < 4.78 is 17.7. The maximum Gasteiger partial charge on any atom is 0.143 e. The molecule has 3 rings (SSSR count). The summed E-state index contributed by atoms with van der Waals surface area (Å²) >= 11 is 0. The maximum absolute atomic E-state index is 6.86. The number of unbranched alkanes of at least 4 members (excludes halogenated alkanes) is 5. The second-order valence-electron chi connectivity index (χ2n) is 8.12. The summed E-state index contributed by atoms with van der Waals surface area (Å²) in [4.78, 5) is 0. The summed E-state index contributed by atoms with van der Waals surface area (Å²) in [5, 5.41) is 0. The fraction of sp³-hybridized carbons (Fsp3) is 0.379. The molecule has 0 saturated carbocycles. The fourth-order valence-corrected chi connectivity index (χ4v) is 4.18. The first kappa shape index (κ1) is 23.9. The van der Waals surface area contributed by atoms with E-state index in [1.165, 1.54) is 32.1 Å². The first-order valence-electron chi connectivity index (χ1n) is 11.7. The van der Waals surface area contributed by atoms with Gasteiger partial charge in [0.15, 0.2) is 0 Å². The van der Waals surface area contributed by atoms with E-state index in [-0.39, 0.29) is 0 Å². The monoisotopic (exact) mass is 432 g/mol. The molecule has 0 aromatic heterocycles. The summed E-state index contributed by atoms with van der Waals surface area (Å²) in [6, 6.07) is 26.9. The number of hydrogen-bond acceptors (Lipinski definition) is 3. The molecule has 0 heterocycles. The minimum absolute atomic E-state index is 0.694. The largest absolute Gasteiger partial charge is 0.497 e. The normalized spacial score (nSPS) is 11.3. The highest BCUT2D eigenvalue weighted by molar-refractivity contribution is 5.49. The minimum atomic E-state index is -0.705. The van der Waals surface area contributed by atoms with Gasteiger partial charge in [-0.05, 0) is 47.4 Å². The molecule has 3 aromatic rings. The molecule has 0 fully saturated rings. The molecule has 0 aliphatic carbocycles. The molecule has 0 aliphatic heterocycles. The molecule has 0 N–H and O–H groups in total. The van der Waals surface area contributed by atoms with Crippen molar-refractivity contribution in [3.05, 3.63) is 95.6 Å². The molecular weight excluding hydrogens is 396 g/mol. The van der Waals surface area contributed by atoms with Crippen molar-refractivity contribution < 1.29 is 14.2 Å². The van der Waals surface area contributed by atoms with Crippen molar-refractivity contribution in [2.45, 2.75) is 51.0 Å². The van der Waals surface area contributed by atoms with Crippen LogP contribution in [0.4, 0.5) is 0 Å². The van der Waals surface area contributed by atoms with Crippen molar-refractivity contribution in [3.63, 3.8) is 0 Å². The van der Waals surface area contributed by atoms with Gasteiger partial charge >= 0.3 is 0 Å². The van der Waals surface area contributed by atoms with E-state index in [0.29, 0.717) is 6.61 Å². The van der Waals surface area contributed by atoms with Crippen LogP contribution >= 0.6 is 0 Å². The van der Waals surface area contributed by atoms with E-state index in [1.54, 1.807) is 14.2 Å². The van der Waals surface area contributed by atoms with Gasteiger partial charge in [-0.3, -0.25) is 0 Å². The highest BCUT2D eigenvalue weighted by Crippen LogP contribution is 2.41. The number of hydrogen-bond donors (Lipinski definition) is 0. The zero-order valence-electron chi connectivity index (χ0n) is 19.7. The topological polar surface area (TPSA) is 27.7 Å². The van der Waals surface area contributed by atoms with Gasteiger partial charge in [0.1, 0.15) is 17.1 Å². The molecule has 0 amide bonds. The van der Waals surface area contributed by atoms with E-state index in [9.17, 15) is 0 Å². The van der Waals surface area contributed by atoms with Gasteiger partial charge in [0.05, 0.1) is 14.2 Å². The van der Waals surface area contributed by atoms with Gasteiger partial charge in [-0.1, -0.05) is 93.6 Å². The summed E-state index contributed by atoms with van der Waals surface area (Å²) in [6.45, 7) is 2.94. The van der Waals surface area contributed by atoms with Crippen molar-refractivity contribution in [3.8, 4) is 11.5 Å². The van der Waals surface area contributed by atoms with Crippen LogP contribution in [0.3, 0.4) is 0 Å².